The molecule has 0 saturated heterocycles. The van der Waals surface area contributed by atoms with E-state index in [1.807, 2.05) is 18.2 Å². The Labute approximate surface area is 337 Å². The topological polar surface area (TPSA) is 45.2 Å². The van der Waals surface area contributed by atoms with Crippen LogP contribution in [0.15, 0.2) is 133 Å². The Morgan fingerprint density at radius 3 is 1.37 bits per heavy atom. The number of para-hydroxylation sites is 1. The van der Waals surface area contributed by atoms with Gasteiger partial charge >= 0.3 is 0 Å². The minimum atomic E-state index is 0.552. The van der Waals surface area contributed by atoms with Crippen molar-refractivity contribution in [2.45, 2.75) is 62.3 Å². The number of aryl methyl sites for hydroxylation is 8. The highest BCUT2D eigenvalue weighted by atomic mass is 15.3. The number of benzene rings is 7. The molecular formula is C52H49N5. The molecule has 57 heavy (non-hydrogen) atoms. The summed E-state index contributed by atoms with van der Waals surface area (Å²) in [6, 6.07) is 47.1. The SMILES string of the molecule is Cc1cc(C)c(N(c2c(C)cc(C)cc2C)c2c(C)cc(C)c(N(c3ccccc3)c3nc(-c4ccccc4)nc(-c4ccc5ccccc5c4)n3)c2C)c(C)c1. The summed E-state index contributed by atoms with van der Waals surface area (Å²) in [6.07, 6.45) is 0. The summed E-state index contributed by atoms with van der Waals surface area (Å²) < 4.78 is 0. The first-order chi connectivity index (χ1) is 27.5. The molecule has 7 aromatic carbocycles. The molecule has 1 heterocycles. The second kappa shape index (κ2) is 15.2. The Morgan fingerprint density at radius 1 is 0.351 bits per heavy atom. The van der Waals surface area contributed by atoms with Crippen molar-refractivity contribution < 1.29 is 0 Å². The van der Waals surface area contributed by atoms with Gasteiger partial charge in [0, 0.05) is 16.8 Å². The van der Waals surface area contributed by atoms with Gasteiger partial charge in [-0.25, -0.2) is 4.98 Å². The third-order valence-electron chi connectivity index (χ3n) is 10.9. The standard InChI is InChI=1S/C52H49N5/c1-32-26-34(3)46(35(4)27-32)57(47-36(5)28-33(2)29-37(47)6)49-39(8)30-38(7)48(40(49)9)56(45-22-14-11-15-23-45)52-54-50(42-19-12-10-13-20-42)53-51(55-52)44-25-24-41-18-16-17-21-43(41)31-44/h10-31H,1-9H3. The van der Waals surface area contributed by atoms with Crippen molar-refractivity contribution in [3.63, 3.8) is 0 Å². The van der Waals surface area contributed by atoms with E-state index in [2.05, 4.69) is 187 Å². The molecule has 0 aliphatic carbocycles. The van der Waals surface area contributed by atoms with Gasteiger partial charge in [0.1, 0.15) is 0 Å². The highest BCUT2D eigenvalue weighted by molar-refractivity contribution is 5.92. The molecule has 0 amide bonds. The predicted octanol–water partition coefficient (Wildman–Crippen LogP) is 14.1. The molecule has 5 nitrogen and oxygen atoms in total. The molecule has 0 atom stereocenters. The van der Waals surface area contributed by atoms with E-state index < -0.39 is 0 Å². The van der Waals surface area contributed by atoms with Crippen molar-refractivity contribution in [1.82, 2.24) is 15.0 Å². The Bertz CT molecular complexity index is 2680. The van der Waals surface area contributed by atoms with Gasteiger partial charge in [-0.05, 0) is 130 Å². The van der Waals surface area contributed by atoms with Crippen LogP contribution in [0.25, 0.3) is 33.5 Å². The second-order valence-electron chi connectivity index (χ2n) is 15.5. The van der Waals surface area contributed by atoms with Crippen molar-refractivity contribution in [3.05, 3.63) is 184 Å². The zero-order valence-corrected chi connectivity index (χ0v) is 34.4. The second-order valence-corrected chi connectivity index (χ2v) is 15.5. The monoisotopic (exact) mass is 743 g/mol. The zero-order valence-electron chi connectivity index (χ0n) is 34.4. The van der Waals surface area contributed by atoms with Gasteiger partial charge in [-0.2, -0.15) is 9.97 Å². The van der Waals surface area contributed by atoms with E-state index in [-0.39, 0.29) is 0 Å². The van der Waals surface area contributed by atoms with Gasteiger partial charge in [0.05, 0.1) is 22.7 Å². The van der Waals surface area contributed by atoms with Crippen LogP contribution in [0, 0.1) is 62.3 Å². The zero-order chi connectivity index (χ0) is 40.0. The molecule has 0 fully saturated rings. The van der Waals surface area contributed by atoms with Crippen LogP contribution in [0.4, 0.5) is 34.4 Å². The van der Waals surface area contributed by atoms with E-state index in [0.29, 0.717) is 17.6 Å². The fourth-order valence-corrected chi connectivity index (χ4v) is 8.80. The molecule has 0 bridgehead atoms. The first kappa shape index (κ1) is 37.3. The molecule has 0 saturated carbocycles. The van der Waals surface area contributed by atoms with Gasteiger partial charge < -0.3 is 4.90 Å². The maximum Gasteiger partial charge on any atom is 0.238 e. The van der Waals surface area contributed by atoms with Crippen LogP contribution in [-0.2, 0) is 0 Å². The molecule has 0 aliphatic heterocycles. The highest BCUT2D eigenvalue weighted by Gasteiger charge is 2.29. The molecule has 282 valence electrons. The summed E-state index contributed by atoms with van der Waals surface area (Å²) >= 11 is 0. The lowest BCUT2D eigenvalue weighted by molar-refractivity contribution is 1.01. The third kappa shape index (κ3) is 7.06. The van der Waals surface area contributed by atoms with Crippen LogP contribution in [-0.4, -0.2) is 15.0 Å². The smallest absolute Gasteiger partial charge is 0.238 e. The average molecular weight is 744 g/mol. The maximum atomic E-state index is 5.35. The van der Waals surface area contributed by atoms with Crippen molar-refractivity contribution in [2.24, 2.45) is 0 Å². The van der Waals surface area contributed by atoms with E-state index >= 15 is 0 Å². The summed E-state index contributed by atoms with van der Waals surface area (Å²) in [5.74, 6) is 1.79. The molecule has 0 unspecified atom stereocenters. The number of anilines is 6. The first-order valence-electron chi connectivity index (χ1n) is 19.7. The maximum absolute atomic E-state index is 5.35. The third-order valence-corrected chi connectivity index (χ3v) is 10.9. The normalized spacial score (nSPS) is 11.2. The summed E-state index contributed by atoms with van der Waals surface area (Å²) in [5.41, 5.74) is 18.3. The minimum absolute atomic E-state index is 0.552. The highest BCUT2D eigenvalue weighted by Crippen LogP contribution is 2.49. The lowest BCUT2D eigenvalue weighted by atomic mass is 9.94. The van der Waals surface area contributed by atoms with E-state index in [9.17, 15) is 0 Å². The number of fused-ring (bicyclic) bond motifs is 1. The van der Waals surface area contributed by atoms with Crippen molar-refractivity contribution in [1.29, 1.82) is 0 Å². The van der Waals surface area contributed by atoms with Crippen LogP contribution in [0.3, 0.4) is 0 Å². The number of hydrogen-bond acceptors (Lipinski definition) is 5. The average Bonchev–Trinajstić information content (AvgIpc) is 3.18. The number of nitrogens with zero attached hydrogens (tertiary/aromatic N) is 5. The molecule has 5 heteroatoms. The molecule has 0 N–H and O–H groups in total. The van der Waals surface area contributed by atoms with Gasteiger partial charge in [-0.15, -0.1) is 0 Å². The summed E-state index contributed by atoms with van der Waals surface area (Å²) in [5, 5.41) is 2.31. The summed E-state index contributed by atoms with van der Waals surface area (Å²) in [7, 11) is 0. The molecule has 8 rings (SSSR count). The van der Waals surface area contributed by atoms with Gasteiger partial charge in [-0.3, -0.25) is 4.90 Å². The summed E-state index contributed by atoms with van der Waals surface area (Å²) in [4.78, 5) is 20.5. The van der Waals surface area contributed by atoms with Gasteiger partial charge in [0.15, 0.2) is 11.6 Å². The Kier molecular flexibility index (Phi) is 9.93. The van der Waals surface area contributed by atoms with Crippen molar-refractivity contribution in [3.8, 4) is 22.8 Å². The van der Waals surface area contributed by atoms with E-state index in [0.717, 1.165) is 44.7 Å². The van der Waals surface area contributed by atoms with E-state index in [1.54, 1.807) is 0 Å². The summed E-state index contributed by atoms with van der Waals surface area (Å²) in [6.45, 7) is 20.0. The van der Waals surface area contributed by atoms with Gasteiger partial charge in [-0.1, -0.05) is 126 Å². The predicted molar refractivity (Wildman–Crippen MR) is 240 cm³/mol. The molecule has 8 aromatic rings. The molecule has 0 aliphatic rings. The Hall–Kier alpha value is -6.59. The van der Waals surface area contributed by atoms with Crippen LogP contribution in [0.1, 0.15) is 50.1 Å². The van der Waals surface area contributed by atoms with Crippen molar-refractivity contribution in [2.75, 3.05) is 9.80 Å². The number of aromatic nitrogens is 3. The molecule has 1 aromatic heterocycles. The minimum Gasteiger partial charge on any atom is -0.309 e. The fourth-order valence-electron chi connectivity index (χ4n) is 8.80. The van der Waals surface area contributed by atoms with Crippen LogP contribution >= 0.6 is 0 Å². The molecule has 0 spiro atoms. The first-order valence-corrected chi connectivity index (χ1v) is 19.7. The Morgan fingerprint density at radius 2 is 0.807 bits per heavy atom. The van der Waals surface area contributed by atoms with Crippen LogP contribution < -0.4 is 9.80 Å². The lowest BCUT2D eigenvalue weighted by Crippen LogP contribution is -2.21. The molecule has 0 radical (unpaired) electrons. The quantitative estimate of drug-likeness (QED) is 0.155. The van der Waals surface area contributed by atoms with Crippen LogP contribution in [0.5, 0.6) is 0 Å². The van der Waals surface area contributed by atoms with E-state index in [4.69, 9.17) is 15.0 Å². The van der Waals surface area contributed by atoms with E-state index in [1.165, 1.54) is 55.7 Å². The Balaban J connectivity index is 1.44. The fraction of sp³-hybridized carbons (Fsp3) is 0.173. The lowest BCUT2D eigenvalue weighted by Gasteiger charge is -2.36. The number of rotatable bonds is 8. The van der Waals surface area contributed by atoms with Gasteiger partial charge in [0.25, 0.3) is 0 Å². The van der Waals surface area contributed by atoms with Crippen LogP contribution in [0.2, 0.25) is 0 Å². The largest absolute Gasteiger partial charge is 0.309 e. The molecular weight excluding hydrogens is 695 g/mol. The number of hydrogen-bond donors (Lipinski definition) is 0. The van der Waals surface area contributed by atoms with Crippen molar-refractivity contribution >= 4 is 45.2 Å². The van der Waals surface area contributed by atoms with Gasteiger partial charge in [0.2, 0.25) is 5.95 Å².